The summed E-state index contributed by atoms with van der Waals surface area (Å²) >= 11 is 0. The lowest BCUT2D eigenvalue weighted by atomic mass is 10.1. The third-order valence-corrected chi connectivity index (χ3v) is 3.46. The minimum Gasteiger partial charge on any atom is -0.452 e. The lowest BCUT2D eigenvalue weighted by Crippen LogP contribution is -2.36. The van der Waals surface area contributed by atoms with Gasteiger partial charge in [0.15, 0.2) is 6.61 Å². The topological polar surface area (TPSA) is 55.4 Å². The first kappa shape index (κ1) is 16.7. The molecule has 0 aliphatic rings. The van der Waals surface area contributed by atoms with Gasteiger partial charge < -0.3 is 10.1 Å². The van der Waals surface area contributed by atoms with Gasteiger partial charge in [-0.15, -0.1) is 0 Å². The summed E-state index contributed by atoms with van der Waals surface area (Å²) in [7, 11) is 0. The summed E-state index contributed by atoms with van der Waals surface area (Å²) in [5, 5.41) is 2.84. The highest BCUT2D eigenvalue weighted by atomic mass is 16.5. The molecule has 4 nitrogen and oxygen atoms in total. The Morgan fingerprint density at radius 2 is 1.61 bits per heavy atom. The highest BCUT2D eigenvalue weighted by Crippen LogP contribution is 2.05. The molecule has 0 fully saturated rings. The number of carbonyl (C=O) groups is 2. The van der Waals surface area contributed by atoms with Crippen LogP contribution < -0.4 is 5.32 Å². The third-order valence-electron chi connectivity index (χ3n) is 3.46. The minimum atomic E-state index is -0.488. The summed E-state index contributed by atoms with van der Waals surface area (Å²) in [4.78, 5) is 23.6. The van der Waals surface area contributed by atoms with Crippen molar-refractivity contribution in [1.29, 1.82) is 0 Å². The van der Waals surface area contributed by atoms with Gasteiger partial charge in [0.2, 0.25) is 0 Å². The molecule has 2 aromatic carbocycles. The maximum Gasteiger partial charge on any atom is 0.338 e. The van der Waals surface area contributed by atoms with Crippen LogP contribution in [0.25, 0.3) is 0 Å². The molecule has 2 aromatic rings. The number of hydrogen-bond acceptors (Lipinski definition) is 3. The maximum absolute atomic E-state index is 11.8. The van der Waals surface area contributed by atoms with Gasteiger partial charge in [-0.05, 0) is 37.5 Å². The molecule has 0 aromatic heterocycles. The molecule has 0 radical (unpaired) electrons. The van der Waals surface area contributed by atoms with Crippen molar-refractivity contribution in [2.45, 2.75) is 25.8 Å². The van der Waals surface area contributed by atoms with E-state index in [1.807, 2.05) is 31.2 Å². The van der Waals surface area contributed by atoms with Crippen LogP contribution in [0, 0.1) is 0 Å². The van der Waals surface area contributed by atoms with Gasteiger partial charge >= 0.3 is 5.97 Å². The molecule has 4 heteroatoms. The van der Waals surface area contributed by atoms with Crippen molar-refractivity contribution in [3.8, 4) is 0 Å². The van der Waals surface area contributed by atoms with Gasteiger partial charge in [0, 0.05) is 6.04 Å². The molecule has 1 amide bonds. The standard InChI is InChI=1S/C19H21NO3/c1-15(12-13-16-8-4-2-5-9-16)20-18(21)14-23-19(22)17-10-6-3-7-11-17/h2-11,15H,12-14H2,1H3,(H,20,21)/t15-/m0/s1. The average molecular weight is 311 g/mol. The van der Waals surface area contributed by atoms with Crippen LogP contribution in [-0.4, -0.2) is 24.5 Å². The van der Waals surface area contributed by atoms with Crippen molar-refractivity contribution < 1.29 is 14.3 Å². The van der Waals surface area contributed by atoms with E-state index in [1.54, 1.807) is 24.3 Å². The van der Waals surface area contributed by atoms with Gasteiger partial charge in [0.1, 0.15) is 0 Å². The number of hydrogen-bond donors (Lipinski definition) is 1. The molecule has 120 valence electrons. The largest absolute Gasteiger partial charge is 0.452 e. The quantitative estimate of drug-likeness (QED) is 0.800. The van der Waals surface area contributed by atoms with Gasteiger partial charge in [-0.2, -0.15) is 0 Å². The zero-order chi connectivity index (χ0) is 16.5. The maximum atomic E-state index is 11.8. The Balaban J connectivity index is 1.69. The fraction of sp³-hybridized carbons (Fsp3) is 0.263. The molecule has 0 spiro atoms. The van der Waals surface area contributed by atoms with Crippen LogP contribution >= 0.6 is 0 Å². The fourth-order valence-corrected chi connectivity index (χ4v) is 2.21. The molecule has 0 saturated carbocycles. The van der Waals surface area contributed by atoms with Crippen molar-refractivity contribution in [1.82, 2.24) is 5.32 Å². The van der Waals surface area contributed by atoms with Crippen LogP contribution in [0.1, 0.15) is 29.3 Å². The van der Waals surface area contributed by atoms with E-state index in [4.69, 9.17) is 4.74 Å². The summed E-state index contributed by atoms with van der Waals surface area (Å²) in [6.45, 7) is 1.68. The van der Waals surface area contributed by atoms with Crippen molar-refractivity contribution in [3.63, 3.8) is 0 Å². The summed E-state index contributed by atoms with van der Waals surface area (Å²) in [5.74, 6) is -0.771. The molecule has 1 N–H and O–H groups in total. The lowest BCUT2D eigenvalue weighted by molar-refractivity contribution is -0.124. The first-order chi connectivity index (χ1) is 11.1. The number of aryl methyl sites for hydroxylation is 1. The van der Waals surface area contributed by atoms with E-state index in [0.717, 1.165) is 12.8 Å². The molecule has 0 heterocycles. The Labute approximate surface area is 136 Å². The molecule has 23 heavy (non-hydrogen) atoms. The molecule has 0 unspecified atom stereocenters. The van der Waals surface area contributed by atoms with Gasteiger partial charge in [0.05, 0.1) is 5.56 Å². The van der Waals surface area contributed by atoms with Crippen molar-refractivity contribution in [2.24, 2.45) is 0 Å². The molecule has 0 saturated heterocycles. The average Bonchev–Trinajstić information content (AvgIpc) is 2.59. The smallest absolute Gasteiger partial charge is 0.338 e. The number of amides is 1. The number of esters is 1. The predicted octanol–water partition coefficient (Wildman–Crippen LogP) is 2.98. The van der Waals surface area contributed by atoms with Crippen molar-refractivity contribution in [3.05, 3.63) is 71.8 Å². The van der Waals surface area contributed by atoms with E-state index in [1.165, 1.54) is 5.56 Å². The van der Waals surface area contributed by atoms with Crippen LogP contribution in [0.15, 0.2) is 60.7 Å². The van der Waals surface area contributed by atoms with Crippen LogP contribution in [0.2, 0.25) is 0 Å². The monoisotopic (exact) mass is 311 g/mol. The minimum absolute atomic E-state index is 0.0260. The van der Waals surface area contributed by atoms with E-state index in [0.29, 0.717) is 5.56 Å². The van der Waals surface area contributed by atoms with Crippen molar-refractivity contribution in [2.75, 3.05) is 6.61 Å². The van der Waals surface area contributed by atoms with Gasteiger partial charge in [0.25, 0.3) is 5.91 Å². The molecular weight excluding hydrogens is 290 g/mol. The Bertz CT molecular complexity index is 626. The third kappa shape index (κ3) is 5.94. The van der Waals surface area contributed by atoms with E-state index in [2.05, 4.69) is 17.4 Å². The first-order valence-corrected chi connectivity index (χ1v) is 7.70. The molecule has 2 rings (SSSR count). The number of benzene rings is 2. The second-order valence-electron chi connectivity index (χ2n) is 5.43. The zero-order valence-corrected chi connectivity index (χ0v) is 13.2. The second kappa shape index (κ2) is 8.73. The Kier molecular flexibility index (Phi) is 6.36. The van der Waals surface area contributed by atoms with Gasteiger partial charge in [-0.3, -0.25) is 4.79 Å². The van der Waals surface area contributed by atoms with E-state index in [9.17, 15) is 9.59 Å². The summed E-state index contributed by atoms with van der Waals surface area (Å²) in [6, 6.07) is 18.8. The summed E-state index contributed by atoms with van der Waals surface area (Å²) in [6.07, 6.45) is 1.73. The Morgan fingerprint density at radius 3 is 2.26 bits per heavy atom. The van der Waals surface area contributed by atoms with E-state index < -0.39 is 5.97 Å². The normalized spacial score (nSPS) is 11.5. The zero-order valence-electron chi connectivity index (χ0n) is 13.2. The number of carbonyl (C=O) groups excluding carboxylic acids is 2. The van der Waals surface area contributed by atoms with Gasteiger partial charge in [-0.25, -0.2) is 4.79 Å². The van der Waals surface area contributed by atoms with Crippen LogP contribution in [0.5, 0.6) is 0 Å². The SMILES string of the molecule is C[C@@H](CCc1ccccc1)NC(=O)COC(=O)c1ccccc1. The fourth-order valence-electron chi connectivity index (χ4n) is 2.21. The first-order valence-electron chi connectivity index (χ1n) is 7.70. The number of rotatable bonds is 7. The predicted molar refractivity (Wildman–Crippen MR) is 89.1 cm³/mol. The van der Waals surface area contributed by atoms with E-state index >= 15 is 0 Å². The number of nitrogens with one attached hydrogen (secondary N) is 1. The molecular formula is C19H21NO3. The Hall–Kier alpha value is -2.62. The summed E-state index contributed by atoms with van der Waals surface area (Å²) in [5.41, 5.74) is 1.68. The lowest BCUT2D eigenvalue weighted by Gasteiger charge is -2.14. The molecule has 0 bridgehead atoms. The number of ether oxygens (including phenoxy) is 1. The van der Waals surface area contributed by atoms with Crippen molar-refractivity contribution >= 4 is 11.9 Å². The molecule has 0 aliphatic heterocycles. The molecule has 0 aliphatic carbocycles. The van der Waals surface area contributed by atoms with Crippen LogP contribution in [0.3, 0.4) is 0 Å². The Morgan fingerprint density at radius 1 is 1.00 bits per heavy atom. The van der Waals surface area contributed by atoms with Gasteiger partial charge in [-0.1, -0.05) is 48.5 Å². The summed E-state index contributed by atoms with van der Waals surface area (Å²) < 4.78 is 5.00. The highest BCUT2D eigenvalue weighted by Gasteiger charge is 2.11. The highest BCUT2D eigenvalue weighted by molar-refractivity contribution is 5.91. The van der Waals surface area contributed by atoms with Crippen LogP contribution in [0.4, 0.5) is 0 Å². The second-order valence-corrected chi connectivity index (χ2v) is 5.43. The van der Waals surface area contributed by atoms with E-state index in [-0.39, 0.29) is 18.6 Å². The molecule has 1 atom stereocenters. The van der Waals surface area contributed by atoms with Crippen LogP contribution in [-0.2, 0) is 16.0 Å².